The first-order valence-electron chi connectivity index (χ1n) is 7.06. The van der Waals surface area contributed by atoms with Gasteiger partial charge < -0.3 is 10.2 Å². The molecule has 104 valence electrons. The van der Waals surface area contributed by atoms with Crippen molar-refractivity contribution in [3.05, 3.63) is 0 Å². The molecular weight excluding hydrogens is 228 g/mol. The van der Waals surface area contributed by atoms with Gasteiger partial charge in [-0.15, -0.1) is 0 Å². The molecule has 0 aromatic rings. The quantitative estimate of drug-likeness (QED) is 0.831. The van der Waals surface area contributed by atoms with Gasteiger partial charge in [-0.2, -0.15) is 0 Å². The molecule has 4 heteroatoms. The minimum atomic E-state index is 0.00216. The molecular formula is C14H26N2O2. The maximum absolute atomic E-state index is 11.8. The molecule has 1 heterocycles. The Morgan fingerprint density at radius 1 is 1.28 bits per heavy atom. The zero-order chi connectivity index (χ0) is 13.7. The molecule has 1 aliphatic heterocycles. The van der Waals surface area contributed by atoms with Crippen LogP contribution in [0.4, 0.5) is 0 Å². The first-order valence-corrected chi connectivity index (χ1v) is 7.06. The molecule has 1 aliphatic rings. The van der Waals surface area contributed by atoms with Crippen molar-refractivity contribution in [2.45, 2.75) is 53.0 Å². The van der Waals surface area contributed by atoms with Gasteiger partial charge in [-0.1, -0.05) is 34.1 Å². The van der Waals surface area contributed by atoms with E-state index in [1.54, 1.807) is 0 Å². The summed E-state index contributed by atoms with van der Waals surface area (Å²) < 4.78 is 0. The second-order valence-corrected chi connectivity index (χ2v) is 5.52. The SMILES string of the molecule is CCC(=O)N1CC(CC)CC(NC(=O)C(C)C)C1. The fourth-order valence-corrected chi connectivity index (χ4v) is 2.40. The molecule has 2 atom stereocenters. The number of piperidine rings is 1. The lowest BCUT2D eigenvalue weighted by molar-refractivity contribution is -0.134. The molecule has 1 rings (SSSR count). The molecule has 0 radical (unpaired) electrons. The summed E-state index contributed by atoms with van der Waals surface area (Å²) in [6, 6.07) is 0.120. The van der Waals surface area contributed by atoms with Crippen molar-refractivity contribution in [2.75, 3.05) is 13.1 Å². The lowest BCUT2D eigenvalue weighted by atomic mass is 9.91. The van der Waals surface area contributed by atoms with E-state index in [1.165, 1.54) is 0 Å². The lowest BCUT2D eigenvalue weighted by Gasteiger charge is -2.38. The van der Waals surface area contributed by atoms with Crippen LogP contribution in [0.15, 0.2) is 0 Å². The van der Waals surface area contributed by atoms with Crippen LogP contribution >= 0.6 is 0 Å². The standard InChI is InChI=1S/C14H26N2O2/c1-5-11-7-12(15-14(18)10(3)4)9-16(8-11)13(17)6-2/h10-12H,5-9H2,1-4H3,(H,15,18). The molecule has 0 spiro atoms. The number of nitrogens with one attached hydrogen (secondary N) is 1. The van der Waals surface area contributed by atoms with Gasteiger partial charge in [0.1, 0.15) is 0 Å². The van der Waals surface area contributed by atoms with Gasteiger partial charge in [0.25, 0.3) is 0 Å². The van der Waals surface area contributed by atoms with Gasteiger partial charge in [-0.3, -0.25) is 9.59 Å². The smallest absolute Gasteiger partial charge is 0.222 e. The monoisotopic (exact) mass is 254 g/mol. The highest BCUT2D eigenvalue weighted by molar-refractivity contribution is 5.79. The molecule has 0 saturated carbocycles. The van der Waals surface area contributed by atoms with E-state index in [4.69, 9.17) is 0 Å². The number of hydrogen-bond acceptors (Lipinski definition) is 2. The van der Waals surface area contributed by atoms with Gasteiger partial charge in [0.05, 0.1) is 0 Å². The molecule has 1 saturated heterocycles. The first-order chi connectivity index (χ1) is 8.47. The van der Waals surface area contributed by atoms with Gasteiger partial charge in [0.2, 0.25) is 11.8 Å². The Balaban J connectivity index is 2.62. The number of rotatable bonds is 4. The number of carbonyl (C=O) groups is 2. The van der Waals surface area contributed by atoms with E-state index in [2.05, 4.69) is 12.2 Å². The zero-order valence-corrected chi connectivity index (χ0v) is 12.0. The molecule has 18 heavy (non-hydrogen) atoms. The number of amides is 2. The Morgan fingerprint density at radius 2 is 1.94 bits per heavy atom. The van der Waals surface area contributed by atoms with Crippen LogP contribution in [0.3, 0.4) is 0 Å². The summed E-state index contributed by atoms with van der Waals surface area (Å²) in [7, 11) is 0. The Morgan fingerprint density at radius 3 is 2.44 bits per heavy atom. The minimum Gasteiger partial charge on any atom is -0.351 e. The lowest BCUT2D eigenvalue weighted by Crippen LogP contribution is -2.53. The van der Waals surface area contributed by atoms with Crippen molar-refractivity contribution in [2.24, 2.45) is 11.8 Å². The normalized spacial score (nSPS) is 24.2. The van der Waals surface area contributed by atoms with Crippen LogP contribution in [-0.4, -0.2) is 35.8 Å². The van der Waals surface area contributed by atoms with Crippen LogP contribution in [0.25, 0.3) is 0 Å². The minimum absolute atomic E-state index is 0.00216. The highest BCUT2D eigenvalue weighted by Gasteiger charge is 2.29. The highest BCUT2D eigenvalue weighted by Crippen LogP contribution is 2.20. The predicted molar refractivity (Wildman–Crippen MR) is 72.0 cm³/mol. The zero-order valence-electron chi connectivity index (χ0n) is 12.0. The molecule has 0 bridgehead atoms. The van der Waals surface area contributed by atoms with E-state index in [0.29, 0.717) is 18.9 Å². The summed E-state index contributed by atoms with van der Waals surface area (Å²) in [5.74, 6) is 0.784. The molecule has 1 N–H and O–H groups in total. The number of carbonyl (C=O) groups excluding carboxylic acids is 2. The van der Waals surface area contributed by atoms with E-state index < -0.39 is 0 Å². The molecule has 0 aromatic carbocycles. The summed E-state index contributed by atoms with van der Waals surface area (Å²) in [6.07, 6.45) is 2.59. The fraction of sp³-hybridized carbons (Fsp3) is 0.857. The summed E-state index contributed by atoms with van der Waals surface area (Å²) in [6.45, 7) is 9.33. The number of likely N-dealkylation sites (tertiary alicyclic amines) is 1. The summed E-state index contributed by atoms with van der Waals surface area (Å²) >= 11 is 0. The Bertz CT molecular complexity index is 302. The van der Waals surface area contributed by atoms with Gasteiger partial charge >= 0.3 is 0 Å². The van der Waals surface area contributed by atoms with Crippen molar-refractivity contribution in [3.8, 4) is 0 Å². The van der Waals surface area contributed by atoms with Crippen molar-refractivity contribution >= 4 is 11.8 Å². The molecule has 2 unspecified atom stereocenters. The van der Waals surface area contributed by atoms with E-state index in [9.17, 15) is 9.59 Å². The molecule has 1 fully saturated rings. The maximum Gasteiger partial charge on any atom is 0.222 e. The van der Waals surface area contributed by atoms with E-state index in [0.717, 1.165) is 19.4 Å². The molecule has 0 aliphatic carbocycles. The third kappa shape index (κ3) is 4.00. The van der Waals surface area contributed by atoms with E-state index in [-0.39, 0.29) is 23.8 Å². The topological polar surface area (TPSA) is 49.4 Å². The van der Waals surface area contributed by atoms with Crippen molar-refractivity contribution < 1.29 is 9.59 Å². The second-order valence-electron chi connectivity index (χ2n) is 5.52. The molecule has 0 aromatic heterocycles. The fourth-order valence-electron chi connectivity index (χ4n) is 2.40. The summed E-state index contributed by atoms with van der Waals surface area (Å²) in [5, 5.41) is 3.06. The Kier molecular flexibility index (Phi) is 5.63. The third-order valence-electron chi connectivity index (χ3n) is 3.64. The predicted octanol–water partition coefficient (Wildman–Crippen LogP) is 1.80. The van der Waals surface area contributed by atoms with Crippen LogP contribution < -0.4 is 5.32 Å². The second kappa shape index (κ2) is 6.76. The number of hydrogen-bond donors (Lipinski definition) is 1. The van der Waals surface area contributed by atoms with Crippen LogP contribution in [0.5, 0.6) is 0 Å². The van der Waals surface area contributed by atoms with E-state index >= 15 is 0 Å². The van der Waals surface area contributed by atoms with Gasteiger partial charge in [-0.05, 0) is 12.3 Å². The Hall–Kier alpha value is -1.06. The van der Waals surface area contributed by atoms with Crippen molar-refractivity contribution in [1.29, 1.82) is 0 Å². The largest absolute Gasteiger partial charge is 0.351 e. The summed E-state index contributed by atoms with van der Waals surface area (Å²) in [4.78, 5) is 25.5. The molecule has 2 amide bonds. The first kappa shape index (κ1) is 15.0. The van der Waals surface area contributed by atoms with Gasteiger partial charge in [-0.25, -0.2) is 0 Å². The van der Waals surface area contributed by atoms with Crippen molar-refractivity contribution in [3.63, 3.8) is 0 Å². The average Bonchev–Trinajstić information content (AvgIpc) is 2.37. The Labute approximate surface area is 110 Å². The third-order valence-corrected chi connectivity index (χ3v) is 3.64. The maximum atomic E-state index is 11.8. The average molecular weight is 254 g/mol. The van der Waals surface area contributed by atoms with E-state index in [1.807, 2.05) is 25.7 Å². The van der Waals surface area contributed by atoms with Crippen LogP contribution in [0.2, 0.25) is 0 Å². The van der Waals surface area contributed by atoms with Crippen LogP contribution in [-0.2, 0) is 9.59 Å². The van der Waals surface area contributed by atoms with Crippen molar-refractivity contribution in [1.82, 2.24) is 10.2 Å². The van der Waals surface area contributed by atoms with Gasteiger partial charge in [0, 0.05) is 31.5 Å². The van der Waals surface area contributed by atoms with Gasteiger partial charge in [0.15, 0.2) is 0 Å². The molecule has 4 nitrogen and oxygen atoms in total. The summed E-state index contributed by atoms with van der Waals surface area (Å²) in [5.41, 5.74) is 0. The van der Waals surface area contributed by atoms with Crippen LogP contribution in [0.1, 0.15) is 47.0 Å². The highest BCUT2D eigenvalue weighted by atomic mass is 16.2. The number of nitrogens with zero attached hydrogens (tertiary/aromatic N) is 1. The van der Waals surface area contributed by atoms with Crippen LogP contribution in [0, 0.1) is 11.8 Å².